The standard InChI is InChI=1S/4C28H45O3P.C5H12O4/c4*1-25(2,3)19-13-15-23(21(17-19)27(7,8)9)32(29,30,31)24-16-14-20(26(4,5)6)18-22(24)28(10,11)12;6-1-5(2-7,3-8)4-9/h4*13-18,29-31H,1-12H3;6-9H,1-4H2. The third-order valence-electron chi connectivity index (χ3n) is 26.3. The minimum atomic E-state index is -5.43. The van der Waals surface area contributed by atoms with Crippen molar-refractivity contribution in [3.05, 3.63) is 235 Å². The molecule has 0 aromatic heterocycles. The number of rotatable bonds is 12. The second kappa shape index (κ2) is 39.3. The van der Waals surface area contributed by atoms with E-state index in [2.05, 4.69) is 166 Å². The van der Waals surface area contributed by atoms with Gasteiger partial charge in [-0.1, -0.05) is 0 Å². The molecule has 16 nitrogen and oxygen atoms in total. The smallest absolute Gasteiger partial charge is 0.0627 e. The minimum Gasteiger partial charge on any atom is -0.396 e. The van der Waals surface area contributed by atoms with E-state index in [1.54, 1.807) is 48.5 Å². The Bertz CT molecular complexity index is 4530. The molecule has 0 saturated carbocycles. The van der Waals surface area contributed by atoms with E-state index in [0.29, 0.717) is 0 Å². The van der Waals surface area contributed by atoms with Crippen molar-refractivity contribution in [1.29, 1.82) is 0 Å². The summed E-state index contributed by atoms with van der Waals surface area (Å²) in [6.07, 6.45) is 0. The summed E-state index contributed by atoms with van der Waals surface area (Å²) in [6, 6.07) is 45.3. The largest absolute Gasteiger partial charge is 0.396 e. The molecule has 0 heterocycles. The molecule has 0 saturated heterocycles. The van der Waals surface area contributed by atoms with E-state index in [4.69, 9.17) is 20.4 Å². The quantitative estimate of drug-likeness (QED) is 0.0506. The predicted octanol–water partition coefficient (Wildman–Crippen LogP) is 22.4. The molecule has 16 N–H and O–H groups in total. The Morgan fingerprint density at radius 1 is 0.139 bits per heavy atom. The van der Waals surface area contributed by atoms with E-state index in [1.807, 2.05) is 263 Å². The second-order valence-electron chi connectivity index (χ2n) is 55.9. The molecule has 0 aliphatic heterocycles. The molecule has 0 aliphatic carbocycles. The van der Waals surface area contributed by atoms with Crippen LogP contribution in [0, 0.1) is 5.41 Å². The summed E-state index contributed by atoms with van der Waals surface area (Å²) >= 11 is 0. The molecule has 0 bridgehead atoms. The molecule has 0 spiro atoms. The molecule has 8 rings (SSSR count). The molecular formula is C117H192O16P4. The van der Waals surface area contributed by atoms with Crippen LogP contribution in [0.5, 0.6) is 0 Å². The molecule has 776 valence electrons. The zero-order valence-electron chi connectivity index (χ0n) is 94.1. The fourth-order valence-corrected chi connectivity index (χ4v) is 27.1. The summed E-state index contributed by atoms with van der Waals surface area (Å²) in [5.41, 5.74) is 9.84. The second-order valence-corrected chi connectivity index (χ2v) is 67.6. The fourth-order valence-electron chi connectivity index (χ4n) is 16.5. The zero-order chi connectivity index (χ0) is 108. The van der Waals surface area contributed by atoms with Gasteiger partial charge >= 0.3 is 784 Å². The van der Waals surface area contributed by atoms with Gasteiger partial charge in [-0.15, -0.1) is 0 Å². The summed E-state index contributed by atoms with van der Waals surface area (Å²) in [5, 5.41) is 35.8. The van der Waals surface area contributed by atoms with Crippen molar-refractivity contribution in [3.8, 4) is 0 Å². The van der Waals surface area contributed by atoms with Gasteiger partial charge in [0.05, 0.1) is 31.8 Å². The first-order valence-electron chi connectivity index (χ1n) is 48.8. The maximum Gasteiger partial charge on any atom is 0.0627 e. The molecule has 0 fully saturated rings. The third kappa shape index (κ3) is 29.6. The Balaban J connectivity index is 0.000000369. The predicted molar refractivity (Wildman–Crippen MR) is 593 cm³/mol. The van der Waals surface area contributed by atoms with Crippen LogP contribution in [-0.2, 0) is 86.6 Å². The van der Waals surface area contributed by atoms with Gasteiger partial charge in [0.2, 0.25) is 0 Å². The van der Waals surface area contributed by atoms with Crippen LogP contribution >= 0.6 is 29.1 Å². The Morgan fingerprint density at radius 2 is 0.219 bits per heavy atom. The van der Waals surface area contributed by atoms with E-state index < -0.39 is 61.0 Å². The summed E-state index contributed by atoms with van der Waals surface area (Å²) in [5.74, 6) is 0. The Morgan fingerprint density at radius 3 is 0.270 bits per heavy atom. The van der Waals surface area contributed by atoms with Crippen LogP contribution in [0.25, 0.3) is 0 Å². The first-order chi connectivity index (χ1) is 60.0. The van der Waals surface area contributed by atoms with Gasteiger partial charge in [0.25, 0.3) is 0 Å². The van der Waals surface area contributed by atoms with Crippen molar-refractivity contribution in [2.45, 2.75) is 419 Å². The van der Waals surface area contributed by atoms with Gasteiger partial charge in [-0.3, -0.25) is 0 Å². The molecule has 8 aromatic carbocycles. The minimum absolute atomic E-state index is 0.0970. The molecule has 137 heavy (non-hydrogen) atoms. The van der Waals surface area contributed by atoms with Crippen molar-refractivity contribution in [2.24, 2.45) is 5.41 Å². The van der Waals surface area contributed by atoms with E-state index in [0.717, 1.165) is 89.0 Å². The molecule has 0 amide bonds. The van der Waals surface area contributed by atoms with Crippen LogP contribution in [0.4, 0.5) is 0 Å². The van der Waals surface area contributed by atoms with Gasteiger partial charge in [-0.2, -0.15) is 0 Å². The van der Waals surface area contributed by atoms with Gasteiger partial charge in [0.15, 0.2) is 0 Å². The van der Waals surface area contributed by atoms with E-state index in [1.165, 1.54) is 0 Å². The number of hydrogen-bond acceptors (Lipinski definition) is 16. The molecule has 0 aliphatic rings. The maximum atomic E-state index is 11.8. The van der Waals surface area contributed by atoms with Gasteiger partial charge in [0, 0.05) is 0 Å². The van der Waals surface area contributed by atoms with Gasteiger partial charge in [0.1, 0.15) is 0 Å². The molecule has 0 unspecified atom stereocenters. The maximum absolute atomic E-state index is 11.8. The van der Waals surface area contributed by atoms with Gasteiger partial charge in [-0.25, -0.2) is 0 Å². The number of benzene rings is 8. The summed E-state index contributed by atoms with van der Waals surface area (Å²) < 4.78 is 0. The van der Waals surface area contributed by atoms with Crippen LogP contribution in [-0.4, -0.2) is 106 Å². The van der Waals surface area contributed by atoms with Crippen LogP contribution in [0.3, 0.4) is 0 Å². The molecule has 0 radical (unpaired) electrons. The normalized spacial score (nSPS) is 15.2. The SMILES string of the molecule is CC(C)(C)c1ccc(P(O)(O)(O)c2ccc(C(C)(C)C)cc2C(C)(C)C)c(C(C)(C)C)c1.CC(C)(C)c1ccc(P(O)(O)(O)c2ccc(C(C)(C)C)cc2C(C)(C)C)c(C(C)(C)C)c1.CC(C)(C)c1ccc(P(O)(O)(O)c2ccc(C(C)(C)C)cc2C(C)(C)C)c(C(C)(C)C)c1.CC(C)(C)c1ccc(P(O)(O)(O)c2ccc(C(C)(C)C)cc2C(C)(C)C)c(C(C)(C)C)c1.OCC(CO)(CO)CO. The van der Waals surface area contributed by atoms with Crippen molar-refractivity contribution in [3.63, 3.8) is 0 Å². The molecular weight excluding hydrogens is 1790 g/mol. The summed E-state index contributed by atoms with van der Waals surface area (Å²) in [7, 11) is -21.7. The van der Waals surface area contributed by atoms with Crippen molar-refractivity contribution < 1.29 is 79.1 Å². The van der Waals surface area contributed by atoms with Crippen LogP contribution in [0.1, 0.15) is 421 Å². The van der Waals surface area contributed by atoms with E-state index >= 15 is 0 Å². The topological polar surface area (TPSA) is 324 Å². The van der Waals surface area contributed by atoms with Gasteiger partial charge < -0.3 is 20.4 Å². The first kappa shape index (κ1) is 124. The van der Waals surface area contributed by atoms with Crippen molar-refractivity contribution in [1.82, 2.24) is 0 Å². The molecule has 0 atom stereocenters. The first-order valence-corrected chi connectivity index (χ1v) is 57.1. The zero-order valence-corrected chi connectivity index (χ0v) is 97.7. The average molecular weight is 1980 g/mol. The Kier molecular flexibility index (Phi) is 35.6. The monoisotopic (exact) mass is 1980 g/mol. The Hall–Kier alpha value is -5.16. The Labute approximate surface area is 830 Å². The summed E-state index contributed by atoms with van der Waals surface area (Å²) in [4.78, 5) is 142. The average Bonchev–Trinajstić information content (AvgIpc) is 0.724. The number of aliphatic hydroxyl groups is 4. The van der Waals surface area contributed by atoms with Gasteiger partial charge in [-0.05, 0) is 0 Å². The number of hydrogen-bond donors (Lipinski definition) is 16. The van der Waals surface area contributed by atoms with Crippen LogP contribution in [0.2, 0.25) is 0 Å². The number of aliphatic hydroxyl groups excluding tert-OH is 4. The van der Waals surface area contributed by atoms with Crippen molar-refractivity contribution >= 4 is 71.6 Å². The third-order valence-corrected chi connectivity index (χ3v) is 36.5. The summed E-state index contributed by atoms with van der Waals surface area (Å²) in [6.45, 7) is 98.5. The van der Waals surface area contributed by atoms with E-state index in [-0.39, 0.29) is 129 Å². The van der Waals surface area contributed by atoms with E-state index in [9.17, 15) is 58.7 Å². The van der Waals surface area contributed by atoms with Crippen LogP contribution in [0.15, 0.2) is 146 Å². The van der Waals surface area contributed by atoms with Crippen molar-refractivity contribution in [2.75, 3.05) is 26.4 Å². The molecule has 20 heteroatoms. The molecule has 8 aromatic rings. The van der Waals surface area contributed by atoms with Crippen LogP contribution < -0.4 is 42.4 Å². The fraction of sp³-hybridized carbons (Fsp3) is 0.590.